The highest BCUT2D eigenvalue weighted by molar-refractivity contribution is 5.61. The molecular formula is C16H25N3O. The Hall–Kier alpha value is -1.10. The van der Waals surface area contributed by atoms with Gasteiger partial charge in [0.05, 0.1) is 13.2 Å². The number of benzene rings is 1. The molecule has 4 nitrogen and oxygen atoms in total. The van der Waals surface area contributed by atoms with Gasteiger partial charge < -0.3 is 15.4 Å². The van der Waals surface area contributed by atoms with Crippen molar-refractivity contribution in [1.82, 2.24) is 10.2 Å². The van der Waals surface area contributed by atoms with Crippen molar-refractivity contribution in [1.29, 1.82) is 0 Å². The standard InChI is InChI=1S/C16H25N3O/c1-13(12-19-7-9-20-10-8-19)18-11-15-4-2-3-14-5-6-17-16(14)15/h2-4,13,17-18H,5-12H2,1H3. The molecule has 2 aliphatic rings. The van der Waals surface area contributed by atoms with Crippen LogP contribution in [0.5, 0.6) is 0 Å². The van der Waals surface area contributed by atoms with E-state index in [1.165, 1.54) is 16.8 Å². The van der Waals surface area contributed by atoms with Crippen molar-refractivity contribution in [3.05, 3.63) is 29.3 Å². The number of nitrogens with zero attached hydrogens (tertiary/aromatic N) is 1. The van der Waals surface area contributed by atoms with Crippen LogP contribution in [0.15, 0.2) is 18.2 Å². The van der Waals surface area contributed by atoms with Crippen LogP contribution in [0.4, 0.5) is 5.69 Å². The third-order valence-electron chi connectivity index (χ3n) is 4.21. The highest BCUT2D eigenvalue weighted by Gasteiger charge is 2.16. The Balaban J connectivity index is 1.50. The van der Waals surface area contributed by atoms with Gasteiger partial charge in [0.2, 0.25) is 0 Å². The first-order valence-electron chi connectivity index (χ1n) is 7.71. The number of hydrogen-bond acceptors (Lipinski definition) is 4. The van der Waals surface area contributed by atoms with Gasteiger partial charge in [-0.05, 0) is 24.5 Å². The molecule has 0 bridgehead atoms. The van der Waals surface area contributed by atoms with Gasteiger partial charge in [-0.15, -0.1) is 0 Å². The maximum Gasteiger partial charge on any atom is 0.0594 e. The Morgan fingerprint density at radius 3 is 3.05 bits per heavy atom. The molecule has 0 spiro atoms. The lowest BCUT2D eigenvalue weighted by Gasteiger charge is -2.29. The fourth-order valence-electron chi connectivity index (χ4n) is 3.08. The van der Waals surface area contributed by atoms with Gasteiger partial charge in [-0.2, -0.15) is 0 Å². The normalized spacial score (nSPS) is 20.4. The highest BCUT2D eigenvalue weighted by atomic mass is 16.5. The minimum atomic E-state index is 0.505. The Morgan fingerprint density at radius 1 is 1.35 bits per heavy atom. The molecule has 2 N–H and O–H groups in total. The van der Waals surface area contributed by atoms with E-state index < -0.39 is 0 Å². The number of anilines is 1. The first-order valence-corrected chi connectivity index (χ1v) is 7.71. The smallest absolute Gasteiger partial charge is 0.0594 e. The van der Waals surface area contributed by atoms with Crippen LogP contribution in [0.1, 0.15) is 18.1 Å². The van der Waals surface area contributed by atoms with Crippen LogP contribution >= 0.6 is 0 Å². The van der Waals surface area contributed by atoms with E-state index in [1.807, 2.05) is 0 Å². The van der Waals surface area contributed by atoms with Gasteiger partial charge in [-0.25, -0.2) is 0 Å². The molecule has 1 saturated heterocycles. The molecule has 3 rings (SSSR count). The van der Waals surface area contributed by atoms with E-state index in [2.05, 4.69) is 40.7 Å². The molecule has 2 heterocycles. The van der Waals surface area contributed by atoms with E-state index in [4.69, 9.17) is 4.74 Å². The molecule has 2 aliphatic heterocycles. The van der Waals surface area contributed by atoms with Gasteiger partial charge >= 0.3 is 0 Å². The first-order chi connectivity index (χ1) is 9.83. The number of morpholine rings is 1. The fraction of sp³-hybridized carbons (Fsp3) is 0.625. The number of ether oxygens (including phenoxy) is 1. The first kappa shape index (κ1) is 13.9. The maximum atomic E-state index is 5.39. The van der Waals surface area contributed by atoms with Crippen molar-refractivity contribution < 1.29 is 4.74 Å². The lowest BCUT2D eigenvalue weighted by molar-refractivity contribution is 0.0343. The molecule has 0 aliphatic carbocycles. The second-order valence-electron chi connectivity index (χ2n) is 5.82. The zero-order valence-corrected chi connectivity index (χ0v) is 12.3. The molecule has 4 heteroatoms. The summed E-state index contributed by atoms with van der Waals surface area (Å²) in [6.45, 7) is 9.28. The van der Waals surface area contributed by atoms with Gasteiger partial charge in [-0.3, -0.25) is 4.90 Å². The van der Waals surface area contributed by atoms with Gasteiger partial charge in [0.25, 0.3) is 0 Å². The molecular weight excluding hydrogens is 250 g/mol. The van der Waals surface area contributed by atoms with Crippen molar-refractivity contribution in [2.75, 3.05) is 44.7 Å². The largest absolute Gasteiger partial charge is 0.384 e. The number of nitrogens with one attached hydrogen (secondary N) is 2. The summed E-state index contributed by atoms with van der Waals surface area (Å²) in [4.78, 5) is 2.48. The second kappa shape index (κ2) is 6.57. The van der Waals surface area contributed by atoms with Crippen molar-refractivity contribution in [3.8, 4) is 0 Å². The molecule has 1 fully saturated rings. The lowest BCUT2D eigenvalue weighted by Crippen LogP contribution is -2.44. The summed E-state index contributed by atoms with van der Waals surface area (Å²) in [6, 6.07) is 7.14. The van der Waals surface area contributed by atoms with Gasteiger partial charge in [0, 0.05) is 44.5 Å². The second-order valence-corrected chi connectivity index (χ2v) is 5.82. The van der Waals surface area contributed by atoms with Crippen LogP contribution in [0.3, 0.4) is 0 Å². The van der Waals surface area contributed by atoms with Crippen molar-refractivity contribution in [2.45, 2.75) is 25.9 Å². The average molecular weight is 275 g/mol. The van der Waals surface area contributed by atoms with Gasteiger partial charge in [0.1, 0.15) is 0 Å². The molecule has 1 unspecified atom stereocenters. The van der Waals surface area contributed by atoms with Gasteiger partial charge in [0.15, 0.2) is 0 Å². The predicted molar refractivity (Wildman–Crippen MR) is 82.2 cm³/mol. The van der Waals surface area contributed by atoms with Crippen LogP contribution < -0.4 is 10.6 Å². The van der Waals surface area contributed by atoms with E-state index >= 15 is 0 Å². The van der Waals surface area contributed by atoms with Crippen LogP contribution in [0, 0.1) is 0 Å². The minimum Gasteiger partial charge on any atom is -0.384 e. The summed E-state index contributed by atoms with van der Waals surface area (Å²) >= 11 is 0. The molecule has 0 radical (unpaired) electrons. The number of rotatable bonds is 5. The summed E-state index contributed by atoms with van der Waals surface area (Å²) in [5, 5.41) is 7.16. The van der Waals surface area contributed by atoms with E-state index in [9.17, 15) is 0 Å². The summed E-state index contributed by atoms with van der Waals surface area (Å²) < 4.78 is 5.39. The summed E-state index contributed by atoms with van der Waals surface area (Å²) in [5.41, 5.74) is 4.22. The van der Waals surface area contributed by atoms with Crippen molar-refractivity contribution in [3.63, 3.8) is 0 Å². The number of para-hydroxylation sites is 1. The lowest BCUT2D eigenvalue weighted by atomic mass is 10.1. The quantitative estimate of drug-likeness (QED) is 0.853. The molecule has 0 amide bonds. The number of hydrogen-bond donors (Lipinski definition) is 2. The molecule has 1 atom stereocenters. The molecule has 110 valence electrons. The third-order valence-corrected chi connectivity index (χ3v) is 4.21. The van der Waals surface area contributed by atoms with Crippen molar-refractivity contribution >= 4 is 5.69 Å². The molecule has 1 aromatic carbocycles. The molecule has 1 aromatic rings. The minimum absolute atomic E-state index is 0.505. The Labute approximate surface area is 121 Å². The van der Waals surface area contributed by atoms with Crippen LogP contribution in [0.2, 0.25) is 0 Å². The molecule has 0 saturated carbocycles. The Morgan fingerprint density at radius 2 is 2.20 bits per heavy atom. The average Bonchev–Trinajstić information content (AvgIpc) is 2.95. The number of fused-ring (bicyclic) bond motifs is 1. The van der Waals surface area contributed by atoms with E-state index in [0.29, 0.717) is 6.04 Å². The van der Waals surface area contributed by atoms with E-state index in [1.54, 1.807) is 0 Å². The summed E-state index contributed by atoms with van der Waals surface area (Å²) in [7, 11) is 0. The topological polar surface area (TPSA) is 36.5 Å². The Kier molecular flexibility index (Phi) is 4.55. The van der Waals surface area contributed by atoms with Crippen LogP contribution in [-0.2, 0) is 17.7 Å². The summed E-state index contributed by atoms with van der Waals surface area (Å²) in [6.07, 6.45) is 1.16. The molecule has 0 aromatic heterocycles. The van der Waals surface area contributed by atoms with Crippen LogP contribution in [0.25, 0.3) is 0 Å². The highest BCUT2D eigenvalue weighted by Crippen LogP contribution is 2.26. The predicted octanol–water partition coefficient (Wildman–Crippen LogP) is 1.46. The van der Waals surface area contributed by atoms with Gasteiger partial charge in [-0.1, -0.05) is 18.2 Å². The SMILES string of the molecule is CC(CN1CCOCC1)NCc1cccc2c1NCC2. The third kappa shape index (κ3) is 3.32. The maximum absolute atomic E-state index is 5.39. The summed E-state index contributed by atoms with van der Waals surface area (Å²) in [5.74, 6) is 0. The zero-order chi connectivity index (χ0) is 13.8. The van der Waals surface area contributed by atoms with Crippen LogP contribution in [-0.4, -0.2) is 50.3 Å². The molecule has 20 heavy (non-hydrogen) atoms. The fourth-order valence-corrected chi connectivity index (χ4v) is 3.08. The van der Waals surface area contributed by atoms with E-state index in [0.717, 1.165) is 52.4 Å². The zero-order valence-electron chi connectivity index (χ0n) is 12.3. The van der Waals surface area contributed by atoms with Crippen molar-refractivity contribution in [2.24, 2.45) is 0 Å². The monoisotopic (exact) mass is 275 g/mol. The van der Waals surface area contributed by atoms with E-state index in [-0.39, 0.29) is 0 Å². The Bertz CT molecular complexity index is 443.